The average molecular weight is 274 g/mol. The van der Waals surface area contributed by atoms with Gasteiger partial charge in [0.05, 0.1) is 0 Å². The number of carbonyl (C=O) groups excluding carboxylic acids is 1. The Bertz CT molecular complexity index is 521. The summed E-state index contributed by atoms with van der Waals surface area (Å²) >= 11 is 0. The molecule has 1 saturated heterocycles. The van der Waals surface area contributed by atoms with Gasteiger partial charge in [-0.1, -0.05) is 0 Å². The van der Waals surface area contributed by atoms with Crippen molar-refractivity contribution in [3.05, 3.63) is 22.9 Å². The monoisotopic (exact) mass is 274 g/mol. The molecule has 0 unspecified atom stereocenters. The molecule has 5 heteroatoms. The molecule has 1 aliphatic carbocycles. The molecule has 4 N–H and O–H groups in total. The van der Waals surface area contributed by atoms with E-state index in [4.69, 9.17) is 16.5 Å². The number of hydrogen-bond acceptors (Lipinski definition) is 4. The SMILES string of the molecule is NCc1cc2c(nc1N1CCC(C(N)=O)CC1)CCC2. The topological polar surface area (TPSA) is 85.2 Å². The number of carbonyl (C=O) groups is 1. The fraction of sp³-hybridized carbons (Fsp3) is 0.600. The van der Waals surface area contributed by atoms with E-state index in [1.807, 2.05) is 0 Å². The lowest BCUT2D eigenvalue weighted by Gasteiger charge is -2.33. The highest BCUT2D eigenvalue weighted by Crippen LogP contribution is 2.29. The van der Waals surface area contributed by atoms with Gasteiger partial charge in [0.25, 0.3) is 0 Å². The third-order valence-electron chi connectivity index (χ3n) is 4.52. The molecular formula is C15H22N4O. The summed E-state index contributed by atoms with van der Waals surface area (Å²) in [5, 5.41) is 0. The summed E-state index contributed by atoms with van der Waals surface area (Å²) < 4.78 is 0. The number of rotatable bonds is 3. The van der Waals surface area contributed by atoms with Gasteiger partial charge in [0.1, 0.15) is 5.82 Å². The summed E-state index contributed by atoms with van der Waals surface area (Å²) in [5.41, 5.74) is 15.0. The predicted octanol–water partition coefficient (Wildman–Crippen LogP) is 0.731. The molecular weight excluding hydrogens is 252 g/mol. The van der Waals surface area contributed by atoms with Crippen LogP contribution in [0.3, 0.4) is 0 Å². The van der Waals surface area contributed by atoms with Crippen molar-refractivity contribution in [1.82, 2.24) is 4.98 Å². The van der Waals surface area contributed by atoms with Crippen molar-refractivity contribution in [2.24, 2.45) is 17.4 Å². The van der Waals surface area contributed by atoms with Gasteiger partial charge in [0.2, 0.25) is 5.91 Å². The zero-order valence-electron chi connectivity index (χ0n) is 11.8. The molecule has 20 heavy (non-hydrogen) atoms. The Morgan fingerprint density at radius 3 is 2.75 bits per heavy atom. The van der Waals surface area contributed by atoms with Gasteiger partial charge >= 0.3 is 0 Å². The van der Waals surface area contributed by atoms with Crippen molar-refractivity contribution >= 4 is 11.7 Å². The minimum atomic E-state index is -0.175. The molecule has 0 radical (unpaired) electrons. The molecule has 108 valence electrons. The van der Waals surface area contributed by atoms with E-state index in [9.17, 15) is 4.79 Å². The Labute approximate surface area is 119 Å². The first-order valence-corrected chi connectivity index (χ1v) is 7.45. The second-order valence-corrected chi connectivity index (χ2v) is 5.80. The number of pyridine rings is 1. The molecule has 1 aromatic rings. The third kappa shape index (κ3) is 2.38. The number of nitrogens with two attached hydrogens (primary N) is 2. The molecule has 0 aromatic carbocycles. The number of aromatic nitrogens is 1. The Hall–Kier alpha value is -1.62. The maximum Gasteiger partial charge on any atom is 0.220 e. The summed E-state index contributed by atoms with van der Waals surface area (Å²) in [5.74, 6) is 0.865. The van der Waals surface area contributed by atoms with Gasteiger partial charge < -0.3 is 16.4 Å². The van der Waals surface area contributed by atoms with E-state index < -0.39 is 0 Å². The van der Waals surface area contributed by atoms with Crippen LogP contribution in [0.1, 0.15) is 36.1 Å². The molecule has 1 aromatic heterocycles. The number of primary amides is 1. The Morgan fingerprint density at radius 1 is 1.35 bits per heavy atom. The highest BCUT2D eigenvalue weighted by molar-refractivity contribution is 5.77. The molecule has 2 heterocycles. The number of aryl methyl sites for hydroxylation is 2. The highest BCUT2D eigenvalue weighted by atomic mass is 16.1. The summed E-state index contributed by atoms with van der Waals surface area (Å²) in [4.78, 5) is 18.4. The fourth-order valence-electron chi connectivity index (χ4n) is 3.31. The van der Waals surface area contributed by atoms with Crippen molar-refractivity contribution in [2.75, 3.05) is 18.0 Å². The number of hydrogen-bond donors (Lipinski definition) is 2. The van der Waals surface area contributed by atoms with Crippen LogP contribution in [-0.2, 0) is 24.2 Å². The van der Waals surface area contributed by atoms with Crippen LogP contribution in [0, 0.1) is 5.92 Å². The Balaban J connectivity index is 1.82. The van der Waals surface area contributed by atoms with Gasteiger partial charge in [-0.3, -0.25) is 4.79 Å². The summed E-state index contributed by atoms with van der Waals surface area (Å²) in [6.07, 6.45) is 5.03. The van der Waals surface area contributed by atoms with E-state index in [0.717, 1.165) is 50.2 Å². The summed E-state index contributed by atoms with van der Waals surface area (Å²) in [6, 6.07) is 2.23. The fourth-order valence-corrected chi connectivity index (χ4v) is 3.31. The standard InChI is InChI=1S/C15H22N4O/c16-9-12-8-11-2-1-3-13(11)18-15(12)19-6-4-10(5-7-19)14(17)20/h8,10H,1-7,9,16H2,(H2,17,20). The number of anilines is 1. The minimum Gasteiger partial charge on any atom is -0.369 e. The number of amides is 1. The van der Waals surface area contributed by atoms with Crippen LogP contribution in [-0.4, -0.2) is 24.0 Å². The lowest BCUT2D eigenvalue weighted by Crippen LogP contribution is -2.39. The van der Waals surface area contributed by atoms with Crippen LogP contribution in [0.5, 0.6) is 0 Å². The van der Waals surface area contributed by atoms with E-state index in [1.54, 1.807) is 0 Å². The Morgan fingerprint density at radius 2 is 2.10 bits per heavy atom. The second-order valence-electron chi connectivity index (χ2n) is 5.80. The van der Waals surface area contributed by atoms with Crippen molar-refractivity contribution in [3.8, 4) is 0 Å². The molecule has 0 saturated carbocycles. The van der Waals surface area contributed by atoms with E-state index in [1.165, 1.54) is 17.7 Å². The van der Waals surface area contributed by atoms with Gasteiger partial charge in [-0.15, -0.1) is 0 Å². The van der Waals surface area contributed by atoms with Gasteiger partial charge in [-0.2, -0.15) is 0 Å². The molecule has 0 atom stereocenters. The molecule has 1 fully saturated rings. The van der Waals surface area contributed by atoms with Crippen molar-refractivity contribution in [1.29, 1.82) is 0 Å². The van der Waals surface area contributed by atoms with E-state index in [0.29, 0.717) is 6.54 Å². The molecule has 0 bridgehead atoms. The zero-order chi connectivity index (χ0) is 14.1. The van der Waals surface area contributed by atoms with Crippen molar-refractivity contribution < 1.29 is 4.79 Å². The minimum absolute atomic E-state index is 0.0157. The third-order valence-corrected chi connectivity index (χ3v) is 4.52. The largest absolute Gasteiger partial charge is 0.369 e. The summed E-state index contributed by atoms with van der Waals surface area (Å²) in [6.45, 7) is 2.20. The second kappa shape index (κ2) is 5.40. The van der Waals surface area contributed by atoms with Crippen molar-refractivity contribution in [2.45, 2.75) is 38.6 Å². The predicted molar refractivity (Wildman–Crippen MR) is 78.3 cm³/mol. The number of fused-ring (bicyclic) bond motifs is 1. The number of nitrogens with zero attached hydrogens (tertiary/aromatic N) is 2. The zero-order valence-corrected chi connectivity index (χ0v) is 11.8. The summed E-state index contributed by atoms with van der Waals surface area (Å²) in [7, 11) is 0. The number of piperidine rings is 1. The Kier molecular flexibility index (Phi) is 3.61. The van der Waals surface area contributed by atoms with Crippen molar-refractivity contribution in [3.63, 3.8) is 0 Å². The molecule has 2 aliphatic rings. The average Bonchev–Trinajstić information content (AvgIpc) is 2.93. The molecule has 1 amide bonds. The van der Waals surface area contributed by atoms with E-state index in [-0.39, 0.29) is 11.8 Å². The van der Waals surface area contributed by atoms with Gasteiger partial charge in [0, 0.05) is 36.8 Å². The van der Waals surface area contributed by atoms with E-state index in [2.05, 4.69) is 11.0 Å². The van der Waals surface area contributed by atoms with Gasteiger partial charge in [-0.25, -0.2) is 4.98 Å². The smallest absolute Gasteiger partial charge is 0.220 e. The normalized spacial score (nSPS) is 19.1. The maximum atomic E-state index is 11.2. The molecule has 3 rings (SSSR count). The van der Waals surface area contributed by atoms with Crippen LogP contribution < -0.4 is 16.4 Å². The maximum absolute atomic E-state index is 11.2. The first-order chi connectivity index (χ1) is 9.69. The van der Waals surface area contributed by atoms with Crippen LogP contribution in [0.15, 0.2) is 6.07 Å². The quantitative estimate of drug-likeness (QED) is 0.851. The van der Waals surface area contributed by atoms with Crippen LogP contribution in [0.4, 0.5) is 5.82 Å². The lowest BCUT2D eigenvalue weighted by atomic mass is 9.96. The molecule has 0 spiro atoms. The highest BCUT2D eigenvalue weighted by Gasteiger charge is 2.26. The lowest BCUT2D eigenvalue weighted by molar-refractivity contribution is -0.122. The van der Waals surface area contributed by atoms with Crippen LogP contribution in [0.2, 0.25) is 0 Å². The first-order valence-electron chi connectivity index (χ1n) is 7.45. The first kappa shape index (κ1) is 13.4. The molecule has 5 nitrogen and oxygen atoms in total. The van der Waals surface area contributed by atoms with Gasteiger partial charge in [-0.05, 0) is 43.7 Å². The van der Waals surface area contributed by atoms with E-state index >= 15 is 0 Å². The van der Waals surface area contributed by atoms with Gasteiger partial charge in [0.15, 0.2) is 0 Å². The molecule has 1 aliphatic heterocycles. The van der Waals surface area contributed by atoms with Crippen LogP contribution >= 0.6 is 0 Å². The van der Waals surface area contributed by atoms with Crippen LogP contribution in [0.25, 0.3) is 0 Å².